The Labute approximate surface area is 212 Å². The number of benzene rings is 2. The van der Waals surface area contributed by atoms with Gasteiger partial charge in [0.2, 0.25) is 0 Å². The lowest BCUT2D eigenvalue weighted by atomic mass is 10.2. The van der Waals surface area contributed by atoms with Crippen LogP contribution in [0, 0.1) is 0 Å². The van der Waals surface area contributed by atoms with Crippen LogP contribution >= 0.6 is 45.9 Å². The molecule has 172 valence electrons. The van der Waals surface area contributed by atoms with E-state index >= 15 is 0 Å². The summed E-state index contributed by atoms with van der Waals surface area (Å²) in [4.78, 5) is 30.3. The molecule has 11 heteroatoms. The standard InChI is InChI=1S/C23H17Cl2N5O2S2/c1-2-3-12-29-27-23(26-28-29)30(21(31)19-17(24)13-8-4-6-10-15(13)33-19)22(32)20-18(25)14-9-5-7-11-16(14)34-20/h4-11H,2-3,12H2,1H3. The molecule has 0 bridgehead atoms. The third-order valence-electron chi connectivity index (χ3n) is 5.22. The molecule has 5 aromatic rings. The van der Waals surface area contributed by atoms with Crippen LogP contribution in [0.25, 0.3) is 20.2 Å². The van der Waals surface area contributed by atoms with Gasteiger partial charge in [0.25, 0.3) is 17.8 Å². The summed E-state index contributed by atoms with van der Waals surface area (Å²) in [5.41, 5.74) is 0. The second kappa shape index (κ2) is 9.42. The molecule has 2 aromatic carbocycles. The van der Waals surface area contributed by atoms with Crippen molar-refractivity contribution in [3.05, 3.63) is 68.3 Å². The Kier molecular flexibility index (Phi) is 6.35. The molecule has 0 aliphatic carbocycles. The van der Waals surface area contributed by atoms with Crippen LogP contribution in [0.4, 0.5) is 5.95 Å². The van der Waals surface area contributed by atoms with Crippen molar-refractivity contribution in [1.82, 2.24) is 20.2 Å². The summed E-state index contributed by atoms with van der Waals surface area (Å²) in [5.74, 6) is -1.37. The Morgan fingerprint density at radius 3 is 1.94 bits per heavy atom. The van der Waals surface area contributed by atoms with Gasteiger partial charge < -0.3 is 0 Å². The molecule has 0 saturated carbocycles. The van der Waals surface area contributed by atoms with Crippen LogP contribution < -0.4 is 4.90 Å². The Balaban J connectivity index is 1.62. The normalized spacial score (nSPS) is 11.4. The Hall–Kier alpha value is -2.85. The molecular weight excluding hydrogens is 513 g/mol. The van der Waals surface area contributed by atoms with E-state index in [0.717, 1.165) is 37.9 Å². The Bertz CT molecular complexity index is 1450. The summed E-state index contributed by atoms with van der Waals surface area (Å²) in [6, 6.07) is 14.8. The predicted octanol–water partition coefficient (Wildman–Crippen LogP) is 6.70. The van der Waals surface area contributed by atoms with Gasteiger partial charge in [-0.1, -0.05) is 78.0 Å². The number of unbranched alkanes of at least 4 members (excludes halogenated alkanes) is 1. The minimum absolute atomic E-state index is 0.117. The van der Waals surface area contributed by atoms with Gasteiger partial charge >= 0.3 is 0 Å². The highest BCUT2D eigenvalue weighted by Gasteiger charge is 2.35. The first-order valence-electron chi connectivity index (χ1n) is 10.5. The summed E-state index contributed by atoms with van der Waals surface area (Å²) >= 11 is 15.6. The number of aromatic nitrogens is 4. The smallest absolute Gasteiger partial charge is 0.267 e. The van der Waals surface area contributed by atoms with Crippen molar-refractivity contribution < 1.29 is 9.59 Å². The molecule has 0 N–H and O–H groups in total. The molecule has 0 radical (unpaired) electrons. The van der Waals surface area contributed by atoms with Crippen LogP contribution in [0.2, 0.25) is 10.0 Å². The highest BCUT2D eigenvalue weighted by Crippen LogP contribution is 2.39. The van der Waals surface area contributed by atoms with E-state index in [0.29, 0.717) is 6.54 Å². The highest BCUT2D eigenvalue weighted by molar-refractivity contribution is 7.22. The van der Waals surface area contributed by atoms with Crippen molar-refractivity contribution in [1.29, 1.82) is 0 Å². The first-order valence-corrected chi connectivity index (χ1v) is 12.9. The fourth-order valence-electron chi connectivity index (χ4n) is 3.50. The van der Waals surface area contributed by atoms with E-state index in [1.54, 1.807) is 0 Å². The number of aryl methyl sites for hydroxylation is 1. The molecule has 5 rings (SSSR count). The maximum absolute atomic E-state index is 13.8. The molecule has 0 aliphatic heterocycles. The van der Waals surface area contributed by atoms with Crippen LogP contribution in [0.1, 0.15) is 39.1 Å². The lowest BCUT2D eigenvalue weighted by Crippen LogP contribution is -2.37. The molecule has 0 fully saturated rings. The summed E-state index contributed by atoms with van der Waals surface area (Å²) in [7, 11) is 0. The van der Waals surface area contributed by atoms with Gasteiger partial charge in [-0.2, -0.15) is 4.80 Å². The van der Waals surface area contributed by atoms with Gasteiger partial charge in [-0.3, -0.25) is 9.59 Å². The number of fused-ring (bicyclic) bond motifs is 2. The number of halogens is 2. The van der Waals surface area contributed by atoms with E-state index in [1.807, 2.05) is 55.5 Å². The van der Waals surface area contributed by atoms with Crippen molar-refractivity contribution in [2.75, 3.05) is 4.90 Å². The lowest BCUT2D eigenvalue weighted by Gasteiger charge is -2.15. The van der Waals surface area contributed by atoms with Gasteiger partial charge in [0.05, 0.1) is 16.6 Å². The van der Waals surface area contributed by atoms with E-state index in [2.05, 4.69) is 15.4 Å². The SMILES string of the molecule is CCCCn1nnc(N(C(=O)c2sc3ccccc3c2Cl)C(=O)c2sc3ccccc3c2Cl)n1. The van der Waals surface area contributed by atoms with Crippen molar-refractivity contribution >= 4 is 83.8 Å². The molecule has 0 saturated heterocycles. The van der Waals surface area contributed by atoms with Gasteiger partial charge in [-0.25, -0.2) is 4.90 Å². The Morgan fingerprint density at radius 1 is 0.912 bits per heavy atom. The number of tetrazole rings is 1. The maximum atomic E-state index is 13.8. The Morgan fingerprint density at radius 2 is 1.44 bits per heavy atom. The summed E-state index contributed by atoms with van der Waals surface area (Å²) in [6.45, 7) is 2.57. The zero-order valence-corrected chi connectivity index (χ0v) is 21.0. The number of rotatable bonds is 6. The molecule has 2 amide bonds. The molecular formula is C23H17Cl2N5O2S2. The molecule has 0 aliphatic rings. The number of nitrogens with zero attached hydrogens (tertiary/aromatic N) is 5. The quantitative estimate of drug-likeness (QED) is 0.228. The van der Waals surface area contributed by atoms with Crippen LogP contribution in [0.3, 0.4) is 0 Å². The van der Waals surface area contributed by atoms with Crippen LogP contribution in [-0.4, -0.2) is 32.0 Å². The second-order valence-electron chi connectivity index (χ2n) is 7.47. The first-order chi connectivity index (χ1) is 16.5. The summed E-state index contributed by atoms with van der Waals surface area (Å²) in [5, 5.41) is 14.4. The van der Waals surface area contributed by atoms with Crippen molar-refractivity contribution in [3.63, 3.8) is 0 Å². The van der Waals surface area contributed by atoms with Crippen molar-refractivity contribution in [2.24, 2.45) is 0 Å². The van der Waals surface area contributed by atoms with Crippen molar-refractivity contribution in [3.8, 4) is 0 Å². The third-order valence-corrected chi connectivity index (χ3v) is 8.55. The fourth-order valence-corrected chi connectivity index (χ4v) is 6.38. The second-order valence-corrected chi connectivity index (χ2v) is 10.3. The van der Waals surface area contributed by atoms with E-state index in [9.17, 15) is 9.59 Å². The minimum Gasteiger partial charge on any atom is -0.267 e. The molecule has 7 nitrogen and oxygen atoms in total. The molecule has 0 spiro atoms. The lowest BCUT2D eigenvalue weighted by molar-refractivity contribution is 0.0900. The van der Waals surface area contributed by atoms with E-state index in [-0.39, 0.29) is 25.7 Å². The topological polar surface area (TPSA) is 81.0 Å². The third kappa shape index (κ3) is 3.98. The number of imide groups is 1. The van der Waals surface area contributed by atoms with E-state index in [4.69, 9.17) is 23.2 Å². The van der Waals surface area contributed by atoms with E-state index < -0.39 is 11.8 Å². The minimum atomic E-state index is -0.625. The highest BCUT2D eigenvalue weighted by atomic mass is 35.5. The van der Waals surface area contributed by atoms with E-state index in [1.165, 1.54) is 27.5 Å². The number of carbonyl (C=O) groups excluding carboxylic acids is 2. The van der Waals surface area contributed by atoms with Gasteiger partial charge in [-0.15, -0.1) is 27.8 Å². The zero-order valence-electron chi connectivity index (χ0n) is 17.9. The number of carbonyl (C=O) groups is 2. The largest absolute Gasteiger partial charge is 0.280 e. The summed E-state index contributed by atoms with van der Waals surface area (Å²) < 4.78 is 1.67. The van der Waals surface area contributed by atoms with Gasteiger partial charge in [0.1, 0.15) is 9.75 Å². The average Bonchev–Trinajstić information content (AvgIpc) is 3.54. The van der Waals surface area contributed by atoms with Crippen LogP contribution in [0.5, 0.6) is 0 Å². The molecule has 0 unspecified atom stereocenters. The molecule has 34 heavy (non-hydrogen) atoms. The zero-order chi connectivity index (χ0) is 23.8. The molecule has 3 aromatic heterocycles. The molecule has 0 atom stereocenters. The number of hydrogen-bond donors (Lipinski definition) is 0. The maximum Gasteiger partial charge on any atom is 0.280 e. The number of thiophene rings is 2. The monoisotopic (exact) mass is 529 g/mol. The summed E-state index contributed by atoms with van der Waals surface area (Å²) in [6.07, 6.45) is 1.77. The number of hydrogen-bond acceptors (Lipinski definition) is 7. The molecule has 3 heterocycles. The number of anilines is 1. The van der Waals surface area contributed by atoms with Crippen LogP contribution in [-0.2, 0) is 6.54 Å². The van der Waals surface area contributed by atoms with Crippen LogP contribution in [0.15, 0.2) is 48.5 Å². The average molecular weight is 530 g/mol. The van der Waals surface area contributed by atoms with Gasteiger partial charge in [0, 0.05) is 20.2 Å². The van der Waals surface area contributed by atoms with Crippen molar-refractivity contribution in [2.45, 2.75) is 26.3 Å². The fraction of sp³-hybridized carbons (Fsp3) is 0.174. The number of amides is 2. The van der Waals surface area contributed by atoms with Gasteiger partial charge in [0.15, 0.2) is 0 Å². The van der Waals surface area contributed by atoms with Gasteiger partial charge in [-0.05, 0) is 23.8 Å². The predicted molar refractivity (Wildman–Crippen MR) is 138 cm³/mol. The first kappa shape index (κ1) is 22.9.